The van der Waals surface area contributed by atoms with E-state index in [2.05, 4.69) is 0 Å². The summed E-state index contributed by atoms with van der Waals surface area (Å²) in [5, 5.41) is 0. The van der Waals surface area contributed by atoms with E-state index < -0.39 is 10.0 Å². The molecule has 0 aliphatic carbocycles. The van der Waals surface area contributed by atoms with Crippen molar-refractivity contribution in [2.45, 2.75) is 25.8 Å². The third-order valence-electron chi connectivity index (χ3n) is 2.08. The smallest absolute Gasteiger partial charge is 0.212 e. The van der Waals surface area contributed by atoms with Gasteiger partial charge in [0.15, 0.2) is 0 Å². The highest BCUT2D eigenvalue weighted by Gasteiger charge is 2.27. The summed E-state index contributed by atoms with van der Waals surface area (Å²) in [6.45, 7) is 1.94. The maximum absolute atomic E-state index is 11.1. The van der Waals surface area contributed by atoms with Crippen LogP contribution in [0.1, 0.15) is 19.8 Å². The van der Waals surface area contributed by atoms with Crippen LogP contribution in [-0.2, 0) is 10.0 Å². The van der Waals surface area contributed by atoms with Crippen molar-refractivity contribution in [2.75, 3.05) is 12.8 Å². The molecule has 0 N–H and O–H groups in total. The molecule has 0 saturated carbocycles. The molecule has 1 heterocycles. The molecular weight excluding hydrogens is 150 g/mol. The largest absolute Gasteiger partial charge is 0.214 e. The average molecular weight is 163 g/mol. The van der Waals surface area contributed by atoms with E-state index in [0.717, 1.165) is 12.8 Å². The summed E-state index contributed by atoms with van der Waals surface area (Å²) in [6, 6.07) is 0.193. The minimum absolute atomic E-state index is 0.193. The molecule has 3 nitrogen and oxygen atoms in total. The van der Waals surface area contributed by atoms with Crippen LogP contribution in [0.25, 0.3) is 0 Å². The number of sulfonamides is 1. The van der Waals surface area contributed by atoms with Crippen molar-refractivity contribution in [1.82, 2.24) is 4.31 Å². The molecule has 1 rings (SSSR count). The van der Waals surface area contributed by atoms with Gasteiger partial charge in [0.05, 0.1) is 5.75 Å². The Bertz CT molecular complexity index is 210. The lowest BCUT2D eigenvalue weighted by Gasteiger charge is -2.28. The second kappa shape index (κ2) is 2.51. The summed E-state index contributed by atoms with van der Waals surface area (Å²) < 4.78 is 23.7. The van der Waals surface area contributed by atoms with Gasteiger partial charge in [-0.2, -0.15) is 0 Å². The summed E-state index contributed by atoms with van der Waals surface area (Å²) in [5.74, 6) is 0.327. The van der Waals surface area contributed by atoms with E-state index in [0.29, 0.717) is 5.75 Å². The first kappa shape index (κ1) is 8.01. The Labute approximate surface area is 62.1 Å². The standard InChI is InChI=1S/C6H13NO2S/c1-6-4-3-5-10(8,9)7(6)2/h6H,3-5H2,1-2H3. The van der Waals surface area contributed by atoms with Crippen LogP contribution in [0.2, 0.25) is 0 Å². The Balaban J connectivity index is 2.80. The van der Waals surface area contributed by atoms with Gasteiger partial charge in [-0.1, -0.05) is 0 Å². The van der Waals surface area contributed by atoms with E-state index in [1.165, 1.54) is 4.31 Å². The first-order valence-corrected chi connectivity index (χ1v) is 5.10. The molecule has 1 saturated heterocycles. The second-order valence-electron chi connectivity index (χ2n) is 2.82. The summed E-state index contributed by atoms with van der Waals surface area (Å²) in [7, 11) is -1.23. The van der Waals surface area contributed by atoms with Crippen molar-refractivity contribution < 1.29 is 8.42 Å². The van der Waals surface area contributed by atoms with Gasteiger partial charge in [-0.3, -0.25) is 0 Å². The molecule has 0 aromatic heterocycles. The molecule has 0 aromatic carbocycles. The molecule has 10 heavy (non-hydrogen) atoms. The monoisotopic (exact) mass is 163 g/mol. The van der Waals surface area contributed by atoms with Crippen LogP contribution in [0.4, 0.5) is 0 Å². The fourth-order valence-corrected chi connectivity index (χ4v) is 2.63. The highest BCUT2D eigenvalue weighted by Crippen LogP contribution is 2.17. The molecule has 0 aromatic rings. The lowest BCUT2D eigenvalue weighted by Crippen LogP contribution is -2.40. The van der Waals surface area contributed by atoms with Gasteiger partial charge in [0.2, 0.25) is 10.0 Å². The fourth-order valence-electron chi connectivity index (χ4n) is 1.16. The first-order chi connectivity index (χ1) is 4.54. The molecule has 0 radical (unpaired) electrons. The van der Waals surface area contributed by atoms with E-state index in [1.807, 2.05) is 6.92 Å². The zero-order valence-electron chi connectivity index (χ0n) is 6.37. The summed E-state index contributed by atoms with van der Waals surface area (Å²) >= 11 is 0. The van der Waals surface area contributed by atoms with E-state index in [9.17, 15) is 8.42 Å². The quantitative estimate of drug-likeness (QED) is 0.519. The molecule has 0 bridgehead atoms. The Morgan fingerprint density at radius 3 is 2.50 bits per heavy atom. The van der Waals surface area contributed by atoms with E-state index in [4.69, 9.17) is 0 Å². The van der Waals surface area contributed by atoms with Crippen molar-refractivity contribution in [3.8, 4) is 0 Å². The Morgan fingerprint density at radius 2 is 2.10 bits per heavy atom. The van der Waals surface area contributed by atoms with E-state index in [-0.39, 0.29) is 6.04 Å². The minimum atomic E-state index is -2.88. The maximum Gasteiger partial charge on any atom is 0.214 e. The molecular formula is C6H13NO2S. The third-order valence-corrected chi connectivity index (χ3v) is 4.13. The normalized spacial score (nSPS) is 34.0. The number of rotatable bonds is 0. The molecule has 4 heteroatoms. The fraction of sp³-hybridized carbons (Fsp3) is 1.00. The van der Waals surface area contributed by atoms with Gasteiger partial charge in [-0.15, -0.1) is 0 Å². The van der Waals surface area contributed by atoms with Crippen LogP contribution in [0.3, 0.4) is 0 Å². The van der Waals surface area contributed by atoms with Crippen molar-refractivity contribution in [1.29, 1.82) is 0 Å². The highest BCUT2D eigenvalue weighted by molar-refractivity contribution is 7.89. The van der Waals surface area contributed by atoms with Gasteiger partial charge < -0.3 is 0 Å². The van der Waals surface area contributed by atoms with Crippen molar-refractivity contribution in [3.05, 3.63) is 0 Å². The van der Waals surface area contributed by atoms with Crippen LogP contribution in [0, 0.1) is 0 Å². The Kier molecular flexibility index (Phi) is 2.01. The SMILES string of the molecule is CC1CCCS(=O)(=O)N1C. The molecule has 0 spiro atoms. The molecule has 60 valence electrons. The van der Waals surface area contributed by atoms with Crippen LogP contribution in [0.5, 0.6) is 0 Å². The molecule has 1 atom stereocenters. The number of hydrogen-bond acceptors (Lipinski definition) is 2. The molecule has 1 aliphatic rings. The van der Waals surface area contributed by atoms with Gasteiger partial charge in [0.25, 0.3) is 0 Å². The third kappa shape index (κ3) is 1.32. The summed E-state index contributed by atoms with van der Waals surface area (Å²) in [6.07, 6.45) is 1.81. The highest BCUT2D eigenvalue weighted by atomic mass is 32.2. The van der Waals surface area contributed by atoms with Crippen molar-refractivity contribution in [3.63, 3.8) is 0 Å². The number of hydrogen-bond donors (Lipinski definition) is 0. The number of nitrogens with zero attached hydrogens (tertiary/aromatic N) is 1. The lowest BCUT2D eigenvalue weighted by molar-refractivity contribution is 0.348. The summed E-state index contributed by atoms with van der Waals surface area (Å²) in [4.78, 5) is 0. The predicted octanol–water partition coefficient (Wildman–Crippen LogP) is 0.430. The van der Waals surface area contributed by atoms with Gasteiger partial charge in [0, 0.05) is 13.1 Å². The Hall–Kier alpha value is -0.0900. The van der Waals surface area contributed by atoms with Crippen molar-refractivity contribution >= 4 is 10.0 Å². The van der Waals surface area contributed by atoms with Gasteiger partial charge in [-0.05, 0) is 19.8 Å². The van der Waals surface area contributed by atoms with Crippen LogP contribution >= 0.6 is 0 Å². The topological polar surface area (TPSA) is 37.4 Å². The average Bonchev–Trinajstić information content (AvgIpc) is 1.83. The minimum Gasteiger partial charge on any atom is -0.212 e. The van der Waals surface area contributed by atoms with Crippen molar-refractivity contribution in [2.24, 2.45) is 0 Å². The van der Waals surface area contributed by atoms with Crippen LogP contribution in [0.15, 0.2) is 0 Å². The first-order valence-electron chi connectivity index (χ1n) is 3.50. The second-order valence-corrected chi connectivity index (χ2v) is 4.97. The maximum atomic E-state index is 11.1. The zero-order valence-corrected chi connectivity index (χ0v) is 7.19. The molecule has 1 fully saturated rings. The molecule has 1 aliphatic heterocycles. The predicted molar refractivity (Wildman–Crippen MR) is 40.2 cm³/mol. The van der Waals surface area contributed by atoms with Crippen LogP contribution < -0.4 is 0 Å². The molecule has 0 amide bonds. The zero-order chi connectivity index (χ0) is 7.78. The Morgan fingerprint density at radius 1 is 1.50 bits per heavy atom. The van der Waals surface area contributed by atoms with Gasteiger partial charge in [-0.25, -0.2) is 12.7 Å². The van der Waals surface area contributed by atoms with E-state index in [1.54, 1.807) is 7.05 Å². The van der Waals surface area contributed by atoms with Gasteiger partial charge >= 0.3 is 0 Å². The summed E-state index contributed by atoms with van der Waals surface area (Å²) in [5.41, 5.74) is 0. The lowest BCUT2D eigenvalue weighted by atomic mass is 10.2. The van der Waals surface area contributed by atoms with Crippen LogP contribution in [-0.4, -0.2) is 31.6 Å². The van der Waals surface area contributed by atoms with Gasteiger partial charge in [0.1, 0.15) is 0 Å². The van der Waals surface area contributed by atoms with E-state index >= 15 is 0 Å². The molecule has 1 unspecified atom stereocenters.